The van der Waals surface area contributed by atoms with Crippen molar-refractivity contribution < 1.29 is 0 Å². The van der Waals surface area contributed by atoms with Crippen LogP contribution in [0, 0.1) is 23.7 Å². The van der Waals surface area contributed by atoms with Crippen LogP contribution in [0.15, 0.2) is 22.7 Å². The lowest BCUT2D eigenvalue weighted by Crippen LogP contribution is -2.13. The molecule has 1 N–H and O–H groups in total. The Bertz CT molecular complexity index is 412. The molecule has 70 valence electrons. The van der Waals surface area contributed by atoms with Crippen molar-refractivity contribution in [3.05, 3.63) is 28.2 Å². The Kier molecular flexibility index (Phi) is 3.56. The number of terminal acetylenes is 1. The SMILES string of the molecule is C#CC(C)Nc1cccc(Br)c1C#N. The maximum Gasteiger partial charge on any atom is 0.103 e. The van der Waals surface area contributed by atoms with Crippen molar-refractivity contribution in [2.45, 2.75) is 13.0 Å². The normalized spacial score (nSPS) is 11.1. The van der Waals surface area contributed by atoms with Crippen LogP contribution < -0.4 is 5.32 Å². The van der Waals surface area contributed by atoms with E-state index in [1.807, 2.05) is 25.1 Å². The summed E-state index contributed by atoms with van der Waals surface area (Å²) in [6, 6.07) is 7.54. The van der Waals surface area contributed by atoms with Gasteiger partial charge in [0.05, 0.1) is 17.3 Å². The molecule has 0 aliphatic heterocycles. The second-order valence-electron chi connectivity index (χ2n) is 2.81. The lowest BCUT2D eigenvalue weighted by atomic mass is 10.2. The van der Waals surface area contributed by atoms with E-state index in [9.17, 15) is 0 Å². The first kappa shape index (κ1) is 10.6. The second kappa shape index (κ2) is 4.69. The molecule has 3 heteroatoms. The quantitative estimate of drug-likeness (QED) is 0.818. The zero-order valence-corrected chi connectivity index (χ0v) is 9.30. The van der Waals surface area contributed by atoms with Gasteiger partial charge in [-0.15, -0.1) is 6.42 Å². The Labute approximate surface area is 92.1 Å². The molecular formula is C11H9BrN2. The zero-order valence-electron chi connectivity index (χ0n) is 7.71. The van der Waals surface area contributed by atoms with Gasteiger partial charge in [-0.25, -0.2) is 0 Å². The molecular weight excluding hydrogens is 240 g/mol. The molecule has 0 spiro atoms. The van der Waals surface area contributed by atoms with Crippen molar-refractivity contribution in [2.75, 3.05) is 5.32 Å². The molecule has 0 fully saturated rings. The first-order chi connectivity index (χ1) is 6.69. The number of hydrogen-bond donors (Lipinski definition) is 1. The first-order valence-corrected chi connectivity index (χ1v) is 4.89. The van der Waals surface area contributed by atoms with Crippen LogP contribution in [-0.2, 0) is 0 Å². The standard InChI is InChI=1S/C11H9BrN2/c1-3-8(2)14-11-6-4-5-10(12)9(11)7-13/h1,4-6,8,14H,2H3. The molecule has 0 amide bonds. The molecule has 0 heterocycles. The third-order valence-electron chi connectivity index (χ3n) is 1.75. The summed E-state index contributed by atoms with van der Waals surface area (Å²) in [5.74, 6) is 2.55. The van der Waals surface area contributed by atoms with Crippen molar-refractivity contribution in [3.63, 3.8) is 0 Å². The molecule has 0 aliphatic carbocycles. The summed E-state index contributed by atoms with van der Waals surface area (Å²) in [6.07, 6.45) is 5.24. The number of nitrogens with zero attached hydrogens (tertiary/aromatic N) is 1. The Morgan fingerprint density at radius 2 is 2.29 bits per heavy atom. The fourth-order valence-electron chi connectivity index (χ4n) is 1.03. The molecule has 14 heavy (non-hydrogen) atoms. The predicted octanol–water partition coefficient (Wildman–Crippen LogP) is 2.75. The minimum Gasteiger partial charge on any atom is -0.371 e. The highest BCUT2D eigenvalue weighted by Gasteiger charge is 2.06. The maximum atomic E-state index is 8.91. The van der Waals surface area contributed by atoms with E-state index >= 15 is 0 Å². The number of nitrogens with one attached hydrogen (secondary N) is 1. The van der Waals surface area contributed by atoms with E-state index in [1.54, 1.807) is 0 Å². The molecule has 1 aromatic carbocycles. The average Bonchev–Trinajstić information content (AvgIpc) is 2.18. The zero-order chi connectivity index (χ0) is 10.6. The Balaban J connectivity index is 3.05. The number of hydrogen-bond acceptors (Lipinski definition) is 2. The van der Waals surface area contributed by atoms with Gasteiger partial charge in [-0.1, -0.05) is 12.0 Å². The van der Waals surface area contributed by atoms with Crippen LogP contribution in [0.25, 0.3) is 0 Å². The van der Waals surface area contributed by atoms with Crippen molar-refractivity contribution in [1.29, 1.82) is 5.26 Å². The average molecular weight is 249 g/mol. The summed E-state index contributed by atoms with van der Waals surface area (Å²) < 4.78 is 0.772. The molecule has 0 saturated carbocycles. The maximum absolute atomic E-state index is 8.91. The van der Waals surface area contributed by atoms with Gasteiger partial charge in [0.25, 0.3) is 0 Å². The highest BCUT2D eigenvalue weighted by Crippen LogP contribution is 2.24. The highest BCUT2D eigenvalue weighted by molar-refractivity contribution is 9.10. The summed E-state index contributed by atoms with van der Waals surface area (Å²) in [5.41, 5.74) is 1.34. The summed E-state index contributed by atoms with van der Waals surface area (Å²) in [4.78, 5) is 0. The number of nitriles is 1. The summed E-state index contributed by atoms with van der Waals surface area (Å²) >= 11 is 3.30. The number of halogens is 1. The van der Waals surface area contributed by atoms with E-state index in [2.05, 4.69) is 33.2 Å². The molecule has 2 nitrogen and oxygen atoms in total. The van der Waals surface area contributed by atoms with Crippen LogP contribution in [0.4, 0.5) is 5.69 Å². The van der Waals surface area contributed by atoms with Crippen LogP contribution in [0.1, 0.15) is 12.5 Å². The van der Waals surface area contributed by atoms with E-state index in [1.165, 1.54) is 0 Å². The third kappa shape index (κ3) is 2.28. The van der Waals surface area contributed by atoms with Gasteiger partial charge >= 0.3 is 0 Å². The molecule has 0 aromatic heterocycles. The molecule has 0 bridgehead atoms. The Morgan fingerprint density at radius 3 is 2.86 bits per heavy atom. The molecule has 1 aromatic rings. The summed E-state index contributed by atoms with van der Waals surface area (Å²) in [6.45, 7) is 1.86. The van der Waals surface area contributed by atoms with Crippen LogP contribution in [0.3, 0.4) is 0 Å². The summed E-state index contributed by atoms with van der Waals surface area (Å²) in [7, 11) is 0. The van der Waals surface area contributed by atoms with Crippen molar-refractivity contribution in [1.82, 2.24) is 0 Å². The van der Waals surface area contributed by atoms with Crippen LogP contribution in [0.2, 0.25) is 0 Å². The van der Waals surface area contributed by atoms with E-state index in [-0.39, 0.29) is 6.04 Å². The monoisotopic (exact) mass is 248 g/mol. The second-order valence-corrected chi connectivity index (χ2v) is 3.66. The summed E-state index contributed by atoms with van der Waals surface area (Å²) in [5, 5.41) is 12.0. The highest BCUT2D eigenvalue weighted by atomic mass is 79.9. The lowest BCUT2D eigenvalue weighted by molar-refractivity contribution is 1.03. The molecule has 0 aliphatic rings. The lowest BCUT2D eigenvalue weighted by Gasteiger charge is -2.11. The Hall–Kier alpha value is -1.45. The molecule has 1 atom stereocenters. The van der Waals surface area contributed by atoms with Crippen molar-refractivity contribution >= 4 is 21.6 Å². The topological polar surface area (TPSA) is 35.8 Å². The number of benzene rings is 1. The van der Waals surface area contributed by atoms with Gasteiger partial charge in [0, 0.05) is 4.47 Å². The fraction of sp³-hybridized carbons (Fsp3) is 0.182. The Morgan fingerprint density at radius 1 is 1.57 bits per heavy atom. The van der Waals surface area contributed by atoms with Gasteiger partial charge in [-0.3, -0.25) is 0 Å². The predicted molar refractivity (Wildman–Crippen MR) is 60.8 cm³/mol. The first-order valence-electron chi connectivity index (χ1n) is 4.10. The minimum absolute atomic E-state index is 0.0867. The van der Waals surface area contributed by atoms with E-state index in [4.69, 9.17) is 11.7 Å². The molecule has 0 radical (unpaired) electrons. The van der Waals surface area contributed by atoms with E-state index < -0.39 is 0 Å². The number of rotatable bonds is 2. The van der Waals surface area contributed by atoms with Crippen molar-refractivity contribution in [3.8, 4) is 18.4 Å². The third-order valence-corrected chi connectivity index (χ3v) is 2.41. The van der Waals surface area contributed by atoms with Gasteiger partial charge in [0.2, 0.25) is 0 Å². The molecule has 0 saturated heterocycles. The van der Waals surface area contributed by atoms with Gasteiger partial charge in [0.15, 0.2) is 0 Å². The van der Waals surface area contributed by atoms with Gasteiger partial charge < -0.3 is 5.32 Å². The van der Waals surface area contributed by atoms with Gasteiger partial charge in [-0.2, -0.15) is 5.26 Å². The van der Waals surface area contributed by atoms with Crippen LogP contribution >= 0.6 is 15.9 Å². The largest absolute Gasteiger partial charge is 0.371 e. The van der Waals surface area contributed by atoms with Crippen LogP contribution in [0.5, 0.6) is 0 Å². The smallest absolute Gasteiger partial charge is 0.103 e. The molecule has 1 rings (SSSR count). The van der Waals surface area contributed by atoms with E-state index in [0.29, 0.717) is 5.56 Å². The fourth-order valence-corrected chi connectivity index (χ4v) is 1.49. The number of anilines is 1. The van der Waals surface area contributed by atoms with Gasteiger partial charge in [-0.05, 0) is 35.0 Å². The van der Waals surface area contributed by atoms with Gasteiger partial charge in [0.1, 0.15) is 6.07 Å². The van der Waals surface area contributed by atoms with Crippen molar-refractivity contribution in [2.24, 2.45) is 0 Å². The minimum atomic E-state index is -0.0867. The van der Waals surface area contributed by atoms with E-state index in [0.717, 1.165) is 10.2 Å². The van der Waals surface area contributed by atoms with Crippen LogP contribution in [-0.4, -0.2) is 6.04 Å². The molecule has 1 unspecified atom stereocenters.